The highest BCUT2D eigenvalue weighted by Gasteiger charge is 2.24. The lowest BCUT2D eigenvalue weighted by molar-refractivity contribution is 0.101. The van der Waals surface area contributed by atoms with Gasteiger partial charge in [0.1, 0.15) is 22.9 Å². The van der Waals surface area contributed by atoms with Gasteiger partial charge in [-0.25, -0.2) is 8.78 Å². The Morgan fingerprint density at radius 2 is 1.63 bits per heavy atom. The Morgan fingerprint density at radius 3 is 2.40 bits per heavy atom. The number of nitrogens with zero attached hydrogens (tertiary/aromatic N) is 1. The predicted octanol–water partition coefficient (Wildman–Crippen LogP) is 5.64. The number of halogens is 2. The maximum Gasteiger partial charge on any atom is 0.261 e. The molecule has 1 aliphatic carbocycles. The molecule has 1 amide bonds. The number of carbonyl (C=O) groups is 1. The van der Waals surface area contributed by atoms with Gasteiger partial charge in [0.2, 0.25) is 0 Å². The van der Waals surface area contributed by atoms with Gasteiger partial charge in [0, 0.05) is 22.4 Å². The molecule has 0 aliphatic heterocycles. The molecule has 30 heavy (non-hydrogen) atoms. The molecule has 0 atom stereocenters. The summed E-state index contributed by atoms with van der Waals surface area (Å²) in [6, 6.07) is 18.4. The van der Waals surface area contributed by atoms with Crippen LogP contribution in [-0.2, 0) is 12.8 Å². The van der Waals surface area contributed by atoms with Gasteiger partial charge < -0.3 is 9.84 Å². The Bertz CT molecular complexity index is 1240. The van der Waals surface area contributed by atoms with Crippen molar-refractivity contribution in [1.82, 2.24) is 5.16 Å². The van der Waals surface area contributed by atoms with Crippen LogP contribution in [0.15, 0.2) is 71.3 Å². The first kappa shape index (κ1) is 18.2. The summed E-state index contributed by atoms with van der Waals surface area (Å²) in [5.41, 5.74) is 4.89. The summed E-state index contributed by atoms with van der Waals surface area (Å²) in [5, 5.41) is 6.80. The minimum atomic E-state index is -0.905. The fourth-order valence-corrected chi connectivity index (χ4v) is 3.82. The number of aryl methyl sites for hydroxylation is 1. The topological polar surface area (TPSA) is 55.1 Å². The molecule has 0 bridgehead atoms. The minimum Gasteiger partial charge on any atom is -0.355 e. The molecular weight excluding hydrogens is 386 g/mol. The van der Waals surface area contributed by atoms with Crippen LogP contribution in [0.2, 0.25) is 0 Å². The van der Waals surface area contributed by atoms with Crippen LogP contribution in [-0.4, -0.2) is 11.1 Å². The third-order valence-electron chi connectivity index (χ3n) is 5.30. The molecule has 0 saturated heterocycles. The molecule has 5 rings (SSSR count). The molecule has 1 aromatic heterocycles. The zero-order chi connectivity index (χ0) is 20.7. The summed E-state index contributed by atoms with van der Waals surface area (Å²) in [6.07, 6.45) is 1.75. The molecule has 4 aromatic rings. The van der Waals surface area contributed by atoms with Crippen molar-refractivity contribution in [3.63, 3.8) is 0 Å². The second-order valence-electron chi connectivity index (χ2n) is 7.12. The van der Waals surface area contributed by atoms with E-state index in [2.05, 4.69) is 16.5 Å². The van der Waals surface area contributed by atoms with Gasteiger partial charge in [-0.2, -0.15) is 0 Å². The van der Waals surface area contributed by atoms with Crippen molar-refractivity contribution in [3.8, 4) is 22.6 Å². The summed E-state index contributed by atoms with van der Waals surface area (Å²) in [5.74, 6) is -1.96. The summed E-state index contributed by atoms with van der Waals surface area (Å²) in [7, 11) is 0. The van der Waals surface area contributed by atoms with E-state index < -0.39 is 23.1 Å². The molecule has 0 saturated carbocycles. The van der Waals surface area contributed by atoms with Crippen LogP contribution in [0.1, 0.15) is 21.5 Å². The number of aromatic nitrogens is 1. The maximum atomic E-state index is 13.8. The molecule has 0 radical (unpaired) electrons. The lowest BCUT2D eigenvalue weighted by atomic mass is 9.88. The highest BCUT2D eigenvalue weighted by molar-refractivity contribution is 6.04. The molecular formula is C24H16F2N2O2. The molecule has 1 N–H and O–H groups in total. The van der Waals surface area contributed by atoms with Gasteiger partial charge >= 0.3 is 0 Å². The molecule has 3 aromatic carbocycles. The third kappa shape index (κ3) is 3.06. The smallest absolute Gasteiger partial charge is 0.261 e. The standard InChI is InChI=1S/C24H16F2N2O2/c25-19-6-3-7-20(26)21(19)24(29)27-16-11-8-15(9-12-16)23-18-13-10-14-4-1-2-5-17(14)22(18)28-30-23/h1-9,11-12H,10,13H2,(H,27,29). The zero-order valence-electron chi connectivity index (χ0n) is 15.8. The van der Waals surface area contributed by atoms with Crippen LogP contribution in [0.5, 0.6) is 0 Å². The van der Waals surface area contributed by atoms with Crippen LogP contribution in [0.25, 0.3) is 22.6 Å². The Balaban J connectivity index is 1.41. The lowest BCUT2D eigenvalue weighted by Gasteiger charge is -2.14. The van der Waals surface area contributed by atoms with Crippen molar-refractivity contribution in [2.24, 2.45) is 0 Å². The van der Waals surface area contributed by atoms with Gasteiger partial charge in [0.25, 0.3) is 5.91 Å². The van der Waals surface area contributed by atoms with Crippen LogP contribution >= 0.6 is 0 Å². The number of hydrogen-bond donors (Lipinski definition) is 1. The molecule has 1 aliphatic rings. The van der Waals surface area contributed by atoms with Gasteiger partial charge in [0.05, 0.1) is 0 Å². The van der Waals surface area contributed by atoms with Crippen molar-refractivity contribution in [3.05, 3.63) is 95.1 Å². The lowest BCUT2D eigenvalue weighted by Crippen LogP contribution is -2.15. The van der Waals surface area contributed by atoms with E-state index in [0.717, 1.165) is 47.4 Å². The zero-order valence-corrected chi connectivity index (χ0v) is 15.8. The normalized spacial score (nSPS) is 12.2. The molecule has 0 unspecified atom stereocenters. The van der Waals surface area contributed by atoms with E-state index in [-0.39, 0.29) is 0 Å². The van der Waals surface area contributed by atoms with Gasteiger partial charge in [-0.05, 0) is 54.8 Å². The third-order valence-corrected chi connectivity index (χ3v) is 5.30. The first-order valence-electron chi connectivity index (χ1n) is 9.54. The first-order chi connectivity index (χ1) is 14.6. The fourth-order valence-electron chi connectivity index (χ4n) is 3.82. The number of carbonyl (C=O) groups excluding carboxylic acids is 1. The van der Waals surface area contributed by atoms with E-state index in [1.54, 1.807) is 24.3 Å². The number of nitrogens with one attached hydrogen (secondary N) is 1. The molecule has 4 nitrogen and oxygen atoms in total. The van der Waals surface area contributed by atoms with Gasteiger partial charge in [0.15, 0.2) is 5.76 Å². The average Bonchev–Trinajstić information content (AvgIpc) is 3.19. The summed E-state index contributed by atoms with van der Waals surface area (Å²) < 4.78 is 33.2. The van der Waals surface area contributed by atoms with Crippen LogP contribution < -0.4 is 5.32 Å². The van der Waals surface area contributed by atoms with Crippen molar-refractivity contribution in [2.45, 2.75) is 12.8 Å². The number of fused-ring (bicyclic) bond motifs is 3. The second-order valence-corrected chi connectivity index (χ2v) is 7.12. The largest absolute Gasteiger partial charge is 0.355 e. The Labute approximate surface area is 171 Å². The van der Waals surface area contributed by atoms with E-state index in [9.17, 15) is 13.6 Å². The number of hydrogen-bond acceptors (Lipinski definition) is 3. The highest BCUT2D eigenvalue weighted by atomic mass is 19.1. The van der Waals surface area contributed by atoms with Crippen molar-refractivity contribution < 1.29 is 18.1 Å². The van der Waals surface area contributed by atoms with Gasteiger partial charge in [-0.3, -0.25) is 4.79 Å². The molecule has 0 fully saturated rings. The van der Waals surface area contributed by atoms with Crippen LogP contribution in [0, 0.1) is 11.6 Å². The minimum absolute atomic E-state index is 0.421. The quantitative estimate of drug-likeness (QED) is 0.483. The Morgan fingerprint density at radius 1 is 0.900 bits per heavy atom. The van der Waals surface area contributed by atoms with E-state index in [0.29, 0.717) is 11.4 Å². The van der Waals surface area contributed by atoms with Crippen LogP contribution in [0.4, 0.5) is 14.5 Å². The van der Waals surface area contributed by atoms with Crippen molar-refractivity contribution >= 4 is 11.6 Å². The summed E-state index contributed by atoms with van der Waals surface area (Å²) >= 11 is 0. The number of amides is 1. The fraction of sp³-hybridized carbons (Fsp3) is 0.0833. The summed E-state index contributed by atoms with van der Waals surface area (Å²) in [4.78, 5) is 12.3. The molecule has 6 heteroatoms. The predicted molar refractivity (Wildman–Crippen MR) is 109 cm³/mol. The monoisotopic (exact) mass is 402 g/mol. The van der Waals surface area contributed by atoms with E-state index in [4.69, 9.17) is 4.52 Å². The molecule has 0 spiro atoms. The molecule has 148 valence electrons. The van der Waals surface area contributed by atoms with E-state index >= 15 is 0 Å². The van der Waals surface area contributed by atoms with Gasteiger partial charge in [-0.15, -0.1) is 0 Å². The van der Waals surface area contributed by atoms with E-state index in [1.807, 2.05) is 18.2 Å². The van der Waals surface area contributed by atoms with Gasteiger partial charge in [-0.1, -0.05) is 35.5 Å². The SMILES string of the molecule is O=C(Nc1ccc(-c2onc3c2CCc2ccccc2-3)cc1)c1c(F)cccc1F. The number of anilines is 1. The van der Waals surface area contributed by atoms with Crippen LogP contribution in [0.3, 0.4) is 0 Å². The summed E-state index contributed by atoms with van der Waals surface area (Å²) in [6.45, 7) is 0. The molecule has 1 heterocycles. The Hall–Kier alpha value is -3.80. The number of benzene rings is 3. The Kier molecular flexibility index (Phi) is 4.39. The maximum absolute atomic E-state index is 13.8. The van der Waals surface area contributed by atoms with Crippen molar-refractivity contribution in [2.75, 3.05) is 5.32 Å². The number of rotatable bonds is 3. The van der Waals surface area contributed by atoms with E-state index in [1.165, 1.54) is 11.6 Å². The second kappa shape index (κ2) is 7.22. The average molecular weight is 402 g/mol. The highest BCUT2D eigenvalue weighted by Crippen LogP contribution is 2.38. The van der Waals surface area contributed by atoms with Crippen molar-refractivity contribution in [1.29, 1.82) is 0 Å². The first-order valence-corrected chi connectivity index (χ1v) is 9.54.